The molecule has 0 aromatic rings. The number of nitrogens with one attached hydrogen (secondary N) is 4. The second-order valence-corrected chi connectivity index (χ2v) is 10.0. The number of halogens is 2. The monoisotopic (exact) mass is 546 g/mol. The van der Waals surface area contributed by atoms with Gasteiger partial charge in [0.25, 0.3) is 5.91 Å². The standard InChI is InChI=1S/C26H48F2N6O4/c1-2-3-4-5-6-7-8-15-21-26(27,28)25(38)31-18-22(35)32-19(13-9-11-16-29)23(36)33-20(24(37)34-21)14-10-12-17-30/h19-21H,2-18,29-30H2,1H3,(H,31,38)(H,32,35)(H,33,36)(H,34,37)/t19-,20-,21?/m0/s1. The van der Waals surface area contributed by atoms with Crippen LogP contribution in [0.2, 0.25) is 0 Å². The first-order valence-corrected chi connectivity index (χ1v) is 14.1. The fourth-order valence-electron chi connectivity index (χ4n) is 4.40. The van der Waals surface area contributed by atoms with E-state index in [1.165, 1.54) is 0 Å². The number of nitrogens with two attached hydrogens (primary N) is 2. The molecule has 1 aliphatic rings. The predicted octanol–water partition coefficient (Wildman–Crippen LogP) is 1.60. The lowest BCUT2D eigenvalue weighted by Crippen LogP contribution is -2.59. The van der Waals surface area contributed by atoms with E-state index in [-0.39, 0.29) is 19.3 Å². The van der Waals surface area contributed by atoms with Gasteiger partial charge in [-0.3, -0.25) is 19.2 Å². The normalized spacial score (nSPS) is 22.8. The molecule has 1 saturated heterocycles. The highest BCUT2D eigenvalue weighted by Gasteiger charge is 2.48. The zero-order chi connectivity index (χ0) is 28.4. The maximum atomic E-state index is 15.2. The molecule has 3 atom stereocenters. The van der Waals surface area contributed by atoms with Gasteiger partial charge in [-0.05, 0) is 58.0 Å². The third-order valence-electron chi connectivity index (χ3n) is 6.74. The Morgan fingerprint density at radius 1 is 0.711 bits per heavy atom. The number of hydrogen-bond donors (Lipinski definition) is 6. The van der Waals surface area contributed by atoms with Crippen molar-refractivity contribution in [3.8, 4) is 0 Å². The van der Waals surface area contributed by atoms with Gasteiger partial charge in [0.15, 0.2) is 0 Å². The van der Waals surface area contributed by atoms with E-state index in [0.717, 1.165) is 32.1 Å². The van der Waals surface area contributed by atoms with E-state index in [9.17, 15) is 19.2 Å². The molecule has 1 fully saturated rings. The summed E-state index contributed by atoms with van der Waals surface area (Å²) in [4.78, 5) is 51.1. The number of rotatable bonds is 16. The first-order valence-electron chi connectivity index (χ1n) is 14.1. The van der Waals surface area contributed by atoms with Gasteiger partial charge in [-0.2, -0.15) is 8.78 Å². The van der Waals surface area contributed by atoms with Gasteiger partial charge in [0.05, 0.1) is 6.54 Å². The van der Waals surface area contributed by atoms with Gasteiger partial charge in [-0.1, -0.05) is 51.9 Å². The van der Waals surface area contributed by atoms with Crippen LogP contribution in [-0.2, 0) is 19.2 Å². The van der Waals surface area contributed by atoms with Gasteiger partial charge in [-0.25, -0.2) is 0 Å². The topological polar surface area (TPSA) is 168 Å². The highest BCUT2D eigenvalue weighted by atomic mass is 19.3. The molecule has 10 nitrogen and oxygen atoms in total. The van der Waals surface area contributed by atoms with E-state index in [4.69, 9.17) is 11.5 Å². The van der Waals surface area contributed by atoms with Crippen molar-refractivity contribution < 1.29 is 28.0 Å². The first kappa shape index (κ1) is 33.7. The van der Waals surface area contributed by atoms with Gasteiger partial charge in [-0.15, -0.1) is 0 Å². The third kappa shape index (κ3) is 12.5. The van der Waals surface area contributed by atoms with Crippen LogP contribution in [0.3, 0.4) is 0 Å². The van der Waals surface area contributed by atoms with Crippen LogP contribution in [0.4, 0.5) is 8.78 Å². The van der Waals surface area contributed by atoms with Crippen LogP contribution in [0.25, 0.3) is 0 Å². The Balaban J connectivity index is 3.10. The van der Waals surface area contributed by atoms with Crippen molar-refractivity contribution in [3.05, 3.63) is 0 Å². The SMILES string of the molecule is CCCCCCCCCC1NC(=O)[C@H](CCCCN)NC(=O)[C@H](CCCCN)NC(=O)CNC(=O)C1(F)F. The Labute approximate surface area is 225 Å². The minimum atomic E-state index is -3.95. The van der Waals surface area contributed by atoms with Crippen LogP contribution in [0.5, 0.6) is 0 Å². The van der Waals surface area contributed by atoms with Crippen molar-refractivity contribution in [3.63, 3.8) is 0 Å². The summed E-state index contributed by atoms with van der Waals surface area (Å²) in [6, 6.07) is -3.89. The predicted molar refractivity (Wildman–Crippen MR) is 142 cm³/mol. The van der Waals surface area contributed by atoms with Gasteiger partial charge < -0.3 is 32.7 Å². The van der Waals surface area contributed by atoms with Crippen molar-refractivity contribution >= 4 is 23.6 Å². The zero-order valence-electron chi connectivity index (χ0n) is 22.8. The number of alkyl halides is 2. The largest absolute Gasteiger partial charge is 0.345 e. The molecule has 0 spiro atoms. The Kier molecular flexibility index (Phi) is 16.7. The van der Waals surface area contributed by atoms with Crippen LogP contribution in [0.15, 0.2) is 0 Å². The molecule has 1 aliphatic heterocycles. The van der Waals surface area contributed by atoms with E-state index in [2.05, 4.69) is 22.9 Å². The average Bonchev–Trinajstić information content (AvgIpc) is 2.88. The molecule has 0 aromatic heterocycles. The lowest BCUT2D eigenvalue weighted by Gasteiger charge is -2.29. The summed E-state index contributed by atoms with van der Waals surface area (Å²) in [6.07, 6.45) is 8.79. The average molecular weight is 547 g/mol. The molecule has 0 aromatic carbocycles. The van der Waals surface area contributed by atoms with E-state index in [0.29, 0.717) is 51.6 Å². The summed E-state index contributed by atoms with van der Waals surface area (Å²) in [5, 5.41) is 9.43. The number of carbonyl (C=O) groups excluding carboxylic acids is 4. The Hall–Kier alpha value is -2.34. The molecule has 4 amide bonds. The number of hydrogen-bond acceptors (Lipinski definition) is 6. The van der Waals surface area contributed by atoms with E-state index in [1.807, 2.05) is 5.32 Å². The van der Waals surface area contributed by atoms with Crippen LogP contribution < -0.4 is 32.7 Å². The molecule has 0 bridgehead atoms. The second-order valence-electron chi connectivity index (χ2n) is 10.0. The fourth-order valence-corrected chi connectivity index (χ4v) is 4.40. The highest BCUT2D eigenvalue weighted by Crippen LogP contribution is 2.24. The summed E-state index contributed by atoms with van der Waals surface area (Å²) in [6.45, 7) is 2.17. The van der Waals surface area contributed by atoms with Crippen LogP contribution in [0.1, 0.15) is 96.8 Å². The van der Waals surface area contributed by atoms with Gasteiger partial charge in [0.2, 0.25) is 17.7 Å². The van der Waals surface area contributed by atoms with Crippen molar-refractivity contribution in [2.24, 2.45) is 11.5 Å². The maximum Gasteiger partial charge on any atom is 0.344 e. The summed E-state index contributed by atoms with van der Waals surface area (Å²) >= 11 is 0. The van der Waals surface area contributed by atoms with Gasteiger partial charge in [0.1, 0.15) is 18.1 Å². The Morgan fingerprint density at radius 2 is 1.21 bits per heavy atom. The van der Waals surface area contributed by atoms with Gasteiger partial charge >= 0.3 is 5.92 Å². The summed E-state index contributed by atoms with van der Waals surface area (Å²) in [5.74, 6) is -7.74. The Bertz CT molecular complexity index is 741. The third-order valence-corrected chi connectivity index (χ3v) is 6.74. The van der Waals surface area contributed by atoms with Crippen LogP contribution >= 0.6 is 0 Å². The van der Waals surface area contributed by atoms with Crippen molar-refractivity contribution in [1.82, 2.24) is 21.3 Å². The molecular formula is C26H48F2N6O4. The molecule has 220 valence electrons. The number of unbranched alkanes of at least 4 members (excludes halogenated alkanes) is 8. The second kappa shape index (κ2) is 18.8. The first-order chi connectivity index (χ1) is 18.2. The molecule has 38 heavy (non-hydrogen) atoms. The lowest BCUT2D eigenvalue weighted by molar-refractivity contribution is -0.152. The highest BCUT2D eigenvalue weighted by molar-refractivity contribution is 5.95. The van der Waals surface area contributed by atoms with Crippen molar-refractivity contribution in [2.45, 2.75) is 121 Å². The maximum absolute atomic E-state index is 15.2. The molecule has 1 heterocycles. The van der Waals surface area contributed by atoms with E-state index >= 15 is 8.78 Å². The molecule has 12 heteroatoms. The van der Waals surface area contributed by atoms with Crippen molar-refractivity contribution in [2.75, 3.05) is 19.6 Å². The Morgan fingerprint density at radius 3 is 1.79 bits per heavy atom. The molecule has 1 rings (SSSR count). The van der Waals surface area contributed by atoms with E-state index < -0.39 is 54.2 Å². The molecule has 1 unspecified atom stereocenters. The minimum Gasteiger partial charge on any atom is -0.345 e. The lowest BCUT2D eigenvalue weighted by atomic mass is 9.99. The molecule has 0 aliphatic carbocycles. The summed E-state index contributed by atoms with van der Waals surface area (Å²) in [5.41, 5.74) is 11.1. The quantitative estimate of drug-likeness (QED) is 0.161. The fraction of sp³-hybridized carbons (Fsp3) is 0.846. The van der Waals surface area contributed by atoms with Gasteiger partial charge in [0, 0.05) is 0 Å². The molecule has 8 N–H and O–H groups in total. The smallest absolute Gasteiger partial charge is 0.344 e. The zero-order valence-corrected chi connectivity index (χ0v) is 22.8. The van der Waals surface area contributed by atoms with E-state index in [1.54, 1.807) is 0 Å². The number of amides is 4. The van der Waals surface area contributed by atoms with Crippen LogP contribution in [0, 0.1) is 0 Å². The molecule has 0 radical (unpaired) electrons. The summed E-state index contributed by atoms with van der Waals surface area (Å²) < 4.78 is 30.5. The molecular weight excluding hydrogens is 498 g/mol. The molecule has 0 saturated carbocycles. The minimum absolute atomic E-state index is 0.114. The number of carbonyl (C=O) groups is 4. The van der Waals surface area contributed by atoms with Crippen LogP contribution in [-0.4, -0.2) is 67.3 Å². The summed E-state index contributed by atoms with van der Waals surface area (Å²) in [7, 11) is 0. The van der Waals surface area contributed by atoms with Crippen molar-refractivity contribution in [1.29, 1.82) is 0 Å².